The lowest BCUT2D eigenvalue weighted by atomic mass is 9.93. The van der Waals surface area contributed by atoms with Gasteiger partial charge in [-0.15, -0.1) is 0 Å². The van der Waals surface area contributed by atoms with Crippen LogP contribution in [0.5, 0.6) is 0 Å². The van der Waals surface area contributed by atoms with Crippen molar-refractivity contribution in [1.29, 1.82) is 0 Å². The Kier molecular flexibility index (Phi) is 5.16. The zero-order valence-electron chi connectivity index (χ0n) is 13.1. The van der Waals surface area contributed by atoms with Crippen LogP contribution in [0.1, 0.15) is 29.5 Å². The first-order valence-electron chi connectivity index (χ1n) is 8.05. The standard InChI is InChI=1S/C17H23BrN2O2/c1-22-10-2-9-20-15(21)4-3-13-11-12-5-7-19-8-6-14(12)16(18)17(13)20/h11,19H,2-10H2,1H3. The van der Waals surface area contributed by atoms with E-state index in [1.54, 1.807) is 7.11 Å². The molecule has 5 heteroatoms. The summed E-state index contributed by atoms with van der Waals surface area (Å²) in [7, 11) is 1.70. The molecule has 120 valence electrons. The summed E-state index contributed by atoms with van der Waals surface area (Å²) in [6.45, 7) is 3.46. The smallest absolute Gasteiger partial charge is 0.227 e. The molecule has 0 aliphatic carbocycles. The minimum atomic E-state index is 0.232. The van der Waals surface area contributed by atoms with Crippen molar-refractivity contribution in [2.45, 2.75) is 32.1 Å². The molecule has 0 fully saturated rings. The number of ether oxygens (including phenoxy) is 1. The maximum absolute atomic E-state index is 12.4. The van der Waals surface area contributed by atoms with Gasteiger partial charge in [0.1, 0.15) is 0 Å². The fraction of sp³-hybridized carbons (Fsp3) is 0.588. The quantitative estimate of drug-likeness (QED) is 0.832. The SMILES string of the molecule is COCCCN1C(=O)CCc2cc3c(c(Br)c21)CCNCC3. The number of halogens is 1. The molecule has 2 heterocycles. The molecular weight excluding hydrogens is 344 g/mol. The summed E-state index contributed by atoms with van der Waals surface area (Å²) >= 11 is 3.81. The Bertz CT molecular complexity index is 574. The lowest BCUT2D eigenvalue weighted by Crippen LogP contribution is -2.37. The number of carbonyl (C=O) groups excluding carboxylic acids is 1. The molecule has 1 amide bonds. The van der Waals surface area contributed by atoms with Crippen molar-refractivity contribution in [3.63, 3.8) is 0 Å². The number of hydrogen-bond acceptors (Lipinski definition) is 3. The third kappa shape index (κ3) is 3.07. The van der Waals surface area contributed by atoms with Gasteiger partial charge in [-0.05, 0) is 71.4 Å². The van der Waals surface area contributed by atoms with Gasteiger partial charge in [0.2, 0.25) is 5.91 Å². The Morgan fingerprint density at radius 3 is 2.86 bits per heavy atom. The van der Waals surface area contributed by atoms with Crippen molar-refractivity contribution in [3.8, 4) is 0 Å². The summed E-state index contributed by atoms with van der Waals surface area (Å²) in [5.41, 5.74) is 5.22. The summed E-state index contributed by atoms with van der Waals surface area (Å²) in [6.07, 6.45) is 4.42. The maximum Gasteiger partial charge on any atom is 0.227 e. The van der Waals surface area contributed by atoms with E-state index < -0.39 is 0 Å². The van der Waals surface area contributed by atoms with Crippen LogP contribution in [-0.4, -0.2) is 39.3 Å². The van der Waals surface area contributed by atoms with Crippen LogP contribution in [0.15, 0.2) is 10.5 Å². The van der Waals surface area contributed by atoms with Crippen molar-refractivity contribution < 1.29 is 9.53 Å². The fourth-order valence-electron chi connectivity index (χ4n) is 3.43. The molecule has 0 radical (unpaired) electrons. The third-order valence-corrected chi connectivity index (χ3v) is 5.40. The summed E-state index contributed by atoms with van der Waals surface area (Å²) < 4.78 is 6.27. The summed E-state index contributed by atoms with van der Waals surface area (Å²) in [5, 5.41) is 3.46. The molecule has 1 aromatic rings. The molecule has 22 heavy (non-hydrogen) atoms. The number of benzene rings is 1. The van der Waals surface area contributed by atoms with Crippen molar-refractivity contribution >= 4 is 27.5 Å². The molecule has 2 aliphatic rings. The zero-order chi connectivity index (χ0) is 15.5. The molecule has 0 atom stereocenters. The van der Waals surface area contributed by atoms with Gasteiger partial charge >= 0.3 is 0 Å². The minimum absolute atomic E-state index is 0.232. The van der Waals surface area contributed by atoms with Crippen molar-refractivity contribution in [3.05, 3.63) is 27.2 Å². The highest BCUT2D eigenvalue weighted by Crippen LogP contribution is 2.40. The zero-order valence-corrected chi connectivity index (χ0v) is 14.7. The number of methoxy groups -OCH3 is 1. The predicted octanol–water partition coefficient (Wildman–Crippen LogP) is 2.45. The molecule has 0 bridgehead atoms. The van der Waals surface area contributed by atoms with Crippen molar-refractivity contribution in [1.82, 2.24) is 5.32 Å². The van der Waals surface area contributed by atoms with Crippen LogP contribution in [0.25, 0.3) is 0 Å². The molecular formula is C17H23BrN2O2. The molecule has 0 spiro atoms. The third-order valence-electron chi connectivity index (χ3n) is 4.55. The number of nitrogens with one attached hydrogen (secondary N) is 1. The average molecular weight is 367 g/mol. The van der Waals surface area contributed by atoms with E-state index in [0.717, 1.165) is 55.5 Å². The molecule has 0 saturated carbocycles. The van der Waals surface area contributed by atoms with E-state index >= 15 is 0 Å². The highest BCUT2D eigenvalue weighted by atomic mass is 79.9. The molecule has 3 rings (SSSR count). The molecule has 1 aromatic carbocycles. The van der Waals surface area contributed by atoms with E-state index in [9.17, 15) is 4.79 Å². The Hall–Kier alpha value is -0.910. The molecule has 0 unspecified atom stereocenters. The summed E-state index contributed by atoms with van der Waals surface area (Å²) in [6, 6.07) is 2.33. The van der Waals surface area contributed by atoms with E-state index in [2.05, 4.69) is 27.3 Å². The number of amides is 1. The second-order valence-electron chi connectivity index (χ2n) is 5.98. The Morgan fingerprint density at radius 2 is 2.05 bits per heavy atom. The number of hydrogen-bond donors (Lipinski definition) is 1. The largest absolute Gasteiger partial charge is 0.385 e. The molecule has 2 aliphatic heterocycles. The number of nitrogens with zero attached hydrogens (tertiary/aromatic N) is 1. The summed E-state index contributed by atoms with van der Waals surface area (Å²) in [5.74, 6) is 0.232. The van der Waals surface area contributed by atoms with Gasteiger partial charge in [-0.3, -0.25) is 4.79 Å². The van der Waals surface area contributed by atoms with Gasteiger partial charge in [-0.1, -0.05) is 6.07 Å². The number of rotatable bonds is 4. The van der Waals surface area contributed by atoms with E-state index in [0.29, 0.717) is 13.0 Å². The highest BCUT2D eigenvalue weighted by molar-refractivity contribution is 9.10. The van der Waals surface area contributed by atoms with E-state index in [1.807, 2.05) is 4.90 Å². The van der Waals surface area contributed by atoms with Gasteiger partial charge in [0.15, 0.2) is 0 Å². The van der Waals surface area contributed by atoms with E-state index in [-0.39, 0.29) is 5.91 Å². The monoisotopic (exact) mass is 366 g/mol. The maximum atomic E-state index is 12.4. The van der Waals surface area contributed by atoms with Crippen LogP contribution in [-0.2, 0) is 28.8 Å². The molecule has 0 aromatic heterocycles. The van der Waals surface area contributed by atoms with Crippen molar-refractivity contribution in [2.24, 2.45) is 0 Å². The highest BCUT2D eigenvalue weighted by Gasteiger charge is 2.28. The lowest BCUT2D eigenvalue weighted by molar-refractivity contribution is -0.118. The van der Waals surface area contributed by atoms with E-state index in [1.165, 1.54) is 16.7 Å². The van der Waals surface area contributed by atoms with Gasteiger partial charge in [0.05, 0.1) is 5.69 Å². The van der Waals surface area contributed by atoms with Gasteiger partial charge < -0.3 is 15.0 Å². The Morgan fingerprint density at radius 1 is 1.23 bits per heavy atom. The van der Waals surface area contributed by atoms with E-state index in [4.69, 9.17) is 4.74 Å². The first-order chi connectivity index (χ1) is 10.7. The first kappa shape index (κ1) is 16.0. The van der Waals surface area contributed by atoms with Crippen LogP contribution in [0, 0.1) is 0 Å². The number of carbonyl (C=O) groups is 1. The van der Waals surface area contributed by atoms with Gasteiger partial charge in [-0.2, -0.15) is 0 Å². The van der Waals surface area contributed by atoms with Crippen LogP contribution in [0.4, 0.5) is 5.69 Å². The topological polar surface area (TPSA) is 41.6 Å². The van der Waals surface area contributed by atoms with Gasteiger partial charge in [0, 0.05) is 31.2 Å². The number of aryl methyl sites for hydroxylation is 1. The Balaban J connectivity index is 1.98. The van der Waals surface area contributed by atoms with Crippen molar-refractivity contribution in [2.75, 3.05) is 38.3 Å². The van der Waals surface area contributed by atoms with Crippen LogP contribution < -0.4 is 10.2 Å². The minimum Gasteiger partial charge on any atom is -0.385 e. The normalized spacial score (nSPS) is 17.9. The predicted molar refractivity (Wildman–Crippen MR) is 91.6 cm³/mol. The second kappa shape index (κ2) is 7.11. The van der Waals surface area contributed by atoms with Gasteiger partial charge in [0.25, 0.3) is 0 Å². The lowest BCUT2D eigenvalue weighted by Gasteiger charge is -2.32. The average Bonchev–Trinajstić information content (AvgIpc) is 2.75. The van der Waals surface area contributed by atoms with Crippen LogP contribution >= 0.6 is 15.9 Å². The first-order valence-corrected chi connectivity index (χ1v) is 8.85. The fourth-order valence-corrected chi connectivity index (χ4v) is 4.35. The molecule has 1 N–H and O–H groups in total. The summed E-state index contributed by atoms with van der Waals surface area (Å²) in [4.78, 5) is 14.4. The molecule has 4 nitrogen and oxygen atoms in total. The second-order valence-corrected chi connectivity index (χ2v) is 6.77. The molecule has 0 saturated heterocycles. The number of fused-ring (bicyclic) bond motifs is 2. The van der Waals surface area contributed by atoms with Crippen LogP contribution in [0.2, 0.25) is 0 Å². The number of anilines is 1. The Labute approximate surface area is 140 Å². The van der Waals surface area contributed by atoms with Gasteiger partial charge in [-0.25, -0.2) is 0 Å². The van der Waals surface area contributed by atoms with Crippen LogP contribution in [0.3, 0.4) is 0 Å².